The van der Waals surface area contributed by atoms with E-state index in [2.05, 4.69) is 15.6 Å². The van der Waals surface area contributed by atoms with Crippen LogP contribution in [0.4, 0.5) is 9.93 Å². The van der Waals surface area contributed by atoms with Crippen LogP contribution in [-0.2, 0) is 9.53 Å². The van der Waals surface area contributed by atoms with Gasteiger partial charge >= 0.3 is 6.09 Å². The Kier molecular flexibility index (Phi) is 8.33. The molecule has 0 radical (unpaired) electrons. The minimum atomic E-state index is -0.838. The zero-order chi connectivity index (χ0) is 22.8. The van der Waals surface area contributed by atoms with Crippen molar-refractivity contribution in [2.45, 2.75) is 25.3 Å². The molecule has 0 fully saturated rings. The number of nitrogens with one attached hydrogen (secondary N) is 2. The normalized spacial score (nSPS) is 11.4. The lowest BCUT2D eigenvalue weighted by atomic mass is 10.1. The quantitative estimate of drug-likeness (QED) is 0.404. The van der Waals surface area contributed by atoms with Crippen molar-refractivity contribution in [1.29, 1.82) is 0 Å². The van der Waals surface area contributed by atoms with Crippen LogP contribution < -0.4 is 16.4 Å². The van der Waals surface area contributed by atoms with Gasteiger partial charge in [0.15, 0.2) is 5.13 Å². The first-order valence-electron chi connectivity index (χ1n) is 10.1. The molecule has 0 saturated heterocycles. The van der Waals surface area contributed by atoms with Crippen molar-refractivity contribution in [3.8, 4) is 11.3 Å². The zero-order valence-corrected chi connectivity index (χ0v) is 18.1. The van der Waals surface area contributed by atoms with Gasteiger partial charge in [0.25, 0.3) is 5.91 Å². The van der Waals surface area contributed by atoms with Crippen molar-refractivity contribution in [2.75, 3.05) is 11.9 Å². The number of amides is 3. The molecule has 3 amide bonds. The molecule has 3 aromatic rings. The van der Waals surface area contributed by atoms with Gasteiger partial charge in [-0.05, 0) is 31.4 Å². The molecule has 9 heteroatoms. The number of rotatable bonds is 10. The molecule has 1 aromatic heterocycles. The SMILES string of the molecule is NC(=O)OCCCC[C@H](NC(=O)c1ccccc1)C(=O)Nc1nc(-c2ccccc2)cs1. The van der Waals surface area contributed by atoms with Crippen LogP contribution in [0, 0.1) is 0 Å². The van der Waals surface area contributed by atoms with Gasteiger partial charge < -0.3 is 21.1 Å². The minimum Gasteiger partial charge on any atom is -0.450 e. The van der Waals surface area contributed by atoms with Gasteiger partial charge in [-0.1, -0.05) is 48.5 Å². The van der Waals surface area contributed by atoms with Gasteiger partial charge in [0.2, 0.25) is 5.91 Å². The van der Waals surface area contributed by atoms with Crippen LogP contribution in [0.1, 0.15) is 29.6 Å². The number of aromatic nitrogens is 1. The van der Waals surface area contributed by atoms with Crippen molar-refractivity contribution in [1.82, 2.24) is 10.3 Å². The molecular weight excluding hydrogens is 428 g/mol. The van der Waals surface area contributed by atoms with Crippen molar-refractivity contribution in [3.63, 3.8) is 0 Å². The first kappa shape index (κ1) is 23.0. The number of carbonyl (C=O) groups excluding carboxylic acids is 3. The van der Waals surface area contributed by atoms with Crippen LogP contribution >= 0.6 is 11.3 Å². The molecule has 1 heterocycles. The molecule has 3 rings (SSSR count). The average molecular weight is 453 g/mol. The van der Waals surface area contributed by atoms with Gasteiger partial charge in [0.05, 0.1) is 12.3 Å². The predicted molar refractivity (Wildman–Crippen MR) is 123 cm³/mol. The molecule has 8 nitrogen and oxygen atoms in total. The number of nitrogens with two attached hydrogens (primary N) is 1. The van der Waals surface area contributed by atoms with Gasteiger partial charge in [-0.25, -0.2) is 9.78 Å². The van der Waals surface area contributed by atoms with Crippen LogP contribution in [0.3, 0.4) is 0 Å². The molecular formula is C23H24N4O4S. The van der Waals surface area contributed by atoms with Crippen molar-refractivity contribution < 1.29 is 19.1 Å². The topological polar surface area (TPSA) is 123 Å². The lowest BCUT2D eigenvalue weighted by molar-refractivity contribution is -0.118. The summed E-state index contributed by atoms with van der Waals surface area (Å²) in [6.45, 7) is 0.156. The summed E-state index contributed by atoms with van der Waals surface area (Å²) in [7, 11) is 0. The van der Waals surface area contributed by atoms with E-state index >= 15 is 0 Å². The Morgan fingerprint density at radius 2 is 1.69 bits per heavy atom. The minimum absolute atomic E-state index is 0.156. The number of hydrogen-bond donors (Lipinski definition) is 3. The van der Waals surface area contributed by atoms with Gasteiger partial charge in [0.1, 0.15) is 6.04 Å². The molecule has 0 spiro atoms. The molecule has 0 aliphatic heterocycles. The predicted octanol–water partition coefficient (Wildman–Crippen LogP) is 3.81. The first-order chi connectivity index (χ1) is 15.5. The van der Waals surface area contributed by atoms with Crippen LogP contribution in [0.15, 0.2) is 66.0 Å². The highest BCUT2D eigenvalue weighted by molar-refractivity contribution is 7.14. The van der Waals surface area contributed by atoms with Gasteiger partial charge in [-0.3, -0.25) is 9.59 Å². The third-order valence-electron chi connectivity index (χ3n) is 4.59. The van der Waals surface area contributed by atoms with Crippen molar-refractivity contribution in [3.05, 3.63) is 71.6 Å². The van der Waals surface area contributed by atoms with Crippen molar-refractivity contribution >= 4 is 34.4 Å². The molecule has 0 unspecified atom stereocenters. The maximum absolute atomic E-state index is 12.9. The molecule has 2 aromatic carbocycles. The Labute approximate surface area is 189 Å². The fourth-order valence-corrected chi connectivity index (χ4v) is 3.71. The number of ether oxygens (including phenoxy) is 1. The largest absolute Gasteiger partial charge is 0.450 e. The highest BCUT2D eigenvalue weighted by Gasteiger charge is 2.22. The first-order valence-corrected chi connectivity index (χ1v) is 11.0. The standard InChI is InChI=1S/C23H24N4O4S/c24-22(30)31-14-8-7-13-18(25-20(28)17-11-5-2-6-12-17)21(29)27-23-26-19(15-32-23)16-9-3-1-4-10-16/h1-6,9-12,15,18H,7-8,13-14H2,(H2,24,30)(H,25,28)(H,26,27,29)/t18-/m0/s1. The summed E-state index contributed by atoms with van der Waals surface area (Å²) in [5.74, 6) is -0.706. The summed E-state index contributed by atoms with van der Waals surface area (Å²) in [5, 5.41) is 7.90. The van der Waals surface area contributed by atoms with Gasteiger partial charge in [-0.2, -0.15) is 0 Å². The summed E-state index contributed by atoms with van der Waals surface area (Å²) in [6.07, 6.45) is 0.593. The molecule has 4 N–H and O–H groups in total. The van der Waals surface area contributed by atoms with E-state index in [9.17, 15) is 14.4 Å². The number of anilines is 1. The summed E-state index contributed by atoms with van der Waals surface area (Å²) < 4.78 is 4.72. The Morgan fingerprint density at radius 3 is 2.38 bits per heavy atom. The van der Waals surface area contributed by atoms with Crippen LogP contribution in [0.25, 0.3) is 11.3 Å². The van der Waals surface area contributed by atoms with E-state index in [-0.39, 0.29) is 18.4 Å². The number of benzene rings is 2. The number of unbranched alkanes of at least 4 members (excludes halogenated alkanes) is 1. The summed E-state index contributed by atoms with van der Waals surface area (Å²) in [6, 6.07) is 17.6. The maximum Gasteiger partial charge on any atom is 0.404 e. The van der Waals surface area contributed by atoms with Gasteiger partial charge in [-0.15, -0.1) is 11.3 Å². The molecule has 0 saturated carbocycles. The van der Waals surface area contributed by atoms with Crippen LogP contribution in [-0.4, -0.2) is 35.5 Å². The molecule has 0 aliphatic carbocycles. The van der Waals surface area contributed by atoms with E-state index in [0.717, 1.165) is 11.3 Å². The number of carbonyl (C=O) groups is 3. The zero-order valence-electron chi connectivity index (χ0n) is 17.3. The van der Waals surface area contributed by atoms with E-state index in [1.54, 1.807) is 24.3 Å². The average Bonchev–Trinajstić information content (AvgIpc) is 3.27. The molecule has 0 bridgehead atoms. The second-order valence-corrected chi connectivity index (χ2v) is 7.81. The fourth-order valence-electron chi connectivity index (χ4n) is 2.99. The monoisotopic (exact) mass is 452 g/mol. The number of hydrogen-bond acceptors (Lipinski definition) is 6. The Balaban J connectivity index is 1.64. The second kappa shape index (κ2) is 11.6. The van der Waals surface area contributed by atoms with Crippen LogP contribution in [0.5, 0.6) is 0 Å². The second-order valence-electron chi connectivity index (χ2n) is 6.95. The number of thiazole rings is 1. The lowest BCUT2D eigenvalue weighted by Crippen LogP contribution is -2.43. The highest BCUT2D eigenvalue weighted by Crippen LogP contribution is 2.24. The molecule has 0 aliphatic rings. The van der Waals surface area contributed by atoms with E-state index in [4.69, 9.17) is 10.5 Å². The molecule has 1 atom stereocenters. The fraction of sp³-hybridized carbons (Fsp3) is 0.217. The lowest BCUT2D eigenvalue weighted by Gasteiger charge is -2.18. The van der Waals surface area contributed by atoms with Gasteiger partial charge in [0, 0.05) is 16.5 Å². The summed E-state index contributed by atoms with van der Waals surface area (Å²) in [5.41, 5.74) is 7.13. The molecule has 166 valence electrons. The smallest absolute Gasteiger partial charge is 0.404 e. The Bertz CT molecular complexity index is 1040. The Morgan fingerprint density at radius 1 is 1.00 bits per heavy atom. The Hall–Kier alpha value is -3.72. The third-order valence-corrected chi connectivity index (χ3v) is 5.35. The highest BCUT2D eigenvalue weighted by atomic mass is 32.1. The van der Waals surface area contributed by atoms with E-state index in [1.807, 2.05) is 41.8 Å². The third kappa shape index (κ3) is 6.92. The van der Waals surface area contributed by atoms with E-state index in [1.165, 1.54) is 11.3 Å². The molecule has 32 heavy (non-hydrogen) atoms. The van der Waals surface area contributed by atoms with E-state index in [0.29, 0.717) is 30.0 Å². The van der Waals surface area contributed by atoms with Crippen molar-refractivity contribution in [2.24, 2.45) is 5.73 Å². The maximum atomic E-state index is 12.9. The van der Waals surface area contributed by atoms with E-state index < -0.39 is 12.1 Å². The summed E-state index contributed by atoms with van der Waals surface area (Å²) >= 11 is 1.31. The number of nitrogens with zero attached hydrogens (tertiary/aromatic N) is 1. The number of primary amides is 1. The van der Waals surface area contributed by atoms with Crippen LogP contribution in [0.2, 0.25) is 0 Å². The summed E-state index contributed by atoms with van der Waals surface area (Å²) in [4.78, 5) is 40.7.